The molecule has 112 valence electrons. The molecule has 0 saturated carbocycles. The van der Waals surface area contributed by atoms with E-state index in [1.807, 2.05) is 19.9 Å². The Morgan fingerprint density at radius 3 is 2.59 bits per heavy atom. The first kappa shape index (κ1) is 14.3. The third kappa shape index (κ3) is 2.86. The Morgan fingerprint density at radius 2 is 1.86 bits per heavy atom. The zero-order chi connectivity index (χ0) is 15.7. The van der Waals surface area contributed by atoms with Crippen LogP contribution in [0, 0.1) is 0 Å². The molecule has 22 heavy (non-hydrogen) atoms. The zero-order valence-electron chi connectivity index (χ0n) is 12.6. The Hall–Kier alpha value is -2.62. The van der Waals surface area contributed by atoms with E-state index in [1.165, 1.54) is 0 Å². The van der Waals surface area contributed by atoms with Gasteiger partial charge in [-0.2, -0.15) is 0 Å². The molecule has 0 saturated heterocycles. The number of anilines is 1. The van der Waals surface area contributed by atoms with Crippen LogP contribution in [0.25, 0.3) is 0 Å². The first-order valence-electron chi connectivity index (χ1n) is 7.17. The summed E-state index contributed by atoms with van der Waals surface area (Å²) in [6.45, 7) is 3.78. The zero-order valence-corrected chi connectivity index (χ0v) is 12.6. The van der Waals surface area contributed by atoms with E-state index in [-0.39, 0.29) is 11.7 Å². The molecule has 0 unspecified atom stereocenters. The fourth-order valence-corrected chi connectivity index (χ4v) is 2.52. The van der Waals surface area contributed by atoms with E-state index in [0.29, 0.717) is 29.0 Å². The second kappa shape index (κ2) is 5.30. The monoisotopic (exact) mass is 295 g/mol. The summed E-state index contributed by atoms with van der Waals surface area (Å²) in [7, 11) is 0. The van der Waals surface area contributed by atoms with Gasteiger partial charge in [-0.25, -0.2) is 0 Å². The minimum atomic E-state index is -0.487. The predicted molar refractivity (Wildman–Crippen MR) is 84.5 cm³/mol. The van der Waals surface area contributed by atoms with Gasteiger partial charge in [-0.1, -0.05) is 18.2 Å². The number of amides is 1. The number of rotatable bonds is 2. The molecule has 2 aromatic carbocycles. The lowest BCUT2D eigenvalue weighted by Crippen LogP contribution is -2.35. The average Bonchev–Trinajstić information content (AvgIpc) is 2.48. The summed E-state index contributed by atoms with van der Waals surface area (Å²) in [5, 5.41) is 2.80. The summed E-state index contributed by atoms with van der Waals surface area (Å²) in [6.07, 6.45) is 0.329. The molecule has 0 spiro atoms. The number of fused-ring (bicyclic) bond motifs is 1. The quantitative estimate of drug-likeness (QED) is 0.919. The Morgan fingerprint density at radius 1 is 1.14 bits per heavy atom. The predicted octanol–water partition coefficient (Wildman–Crippen LogP) is 3.68. The summed E-state index contributed by atoms with van der Waals surface area (Å²) in [6, 6.07) is 14.1. The van der Waals surface area contributed by atoms with E-state index in [2.05, 4.69) is 5.32 Å². The fraction of sp³-hybridized carbons (Fsp3) is 0.222. The number of ketones is 1. The van der Waals surface area contributed by atoms with Crippen molar-refractivity contribution in [1.29, 1.82) is 0 Å². The molecule has 1 heterocycles. The third-order valence-electron chi connectivity index (χ3n) is 3.55. The molecule has 1 aliphatic heterocycles. The van der Waals surface area contributed by atoms with Crippen LogP contribution in [0.1, 0.15) is 41.0 Å². The van der Waals surface area contributed by atoms with Crippen LogP contribution in [-0.2, 0) is 0 Å². The lowest BCUT2D eigenvalue weighted by molar-refractivity contribution is 0.0620. The number of carbonyl (C=O) groups excluding carboxylic acids is 2. The SMILES string of the molecule is CC1(C)CC(=O)c2cc(NC(=O)c3ccccc3)ccc2O1. The molecule has 2 aromatic rings. The van der Waals surface area contributed by atoms with Gasteiger partial charge in [0.05, 0.1) is 12.0 Å². The summed E-state index contributed by atoms with van der Waals surface area (Å²) in [5.74, 6) is 0.395. The van der Waals surface area contributed by atoms with E-state index in [4.69, 9.17) is 4.74 Å². The molecule has 4 nitrogen and oxygen atoms in total. The van der Waals surface area contributed by atoms with Gasteiger partial charge in [-0.3, -0.25) is 9.59 Å². The molecule has 1 aliphatic rings. The van der Waals surface area contributed by atoms with Gasteiger partial charge in [0.2, 0.25) is 0 Å². The van der Waals surface area contributed by atoms with Gasteiger partial charge in [-0.05, 0) is 44.2 Å². The molecule has 0 aliphatic carbocycles. The van der Waals surface area contributed by atoms with Crippen LogP contribution in [0.3, 0.4) is 0 Å². The highest BCUT2D eigenvalue weighted by molar-refractivity contribution is 6.06. The third-order valence-corrected chi connectivity index (χ3v) is 3.55. The molecule has 0 radical (unpaired) electrons. The number of hydrogen-bond acceptors (Lipinski definition) is 3. The fourth-order valence-electron chi connectivity index (χ4n) is 2.52. The number of Topliss-reactive ketones (excluding diaryl/α,β-unsaturated/α-hetero) is 1. The summed E-state index contributed by atoms with van der Waals surface area (Å²) in [4.78, 5) is 24.4. The Kier molecular flexibility index (Phi) is 3.45. The molecule has 0 fully saturated rings. The summed E-state index contributed by atoms with van der Waals surface area (Å²) >= 11 is 0. The van der Waals surface area contributed by atoms with Crippen molar-refractivity contribution in [3.63, 3.8) is 0 Å². The second-order valence-electron chi connectivity index (χ2n) is 5.99. The molecular formula is C18H17NO3. The van der Waals surface area contributed by atoms with Crippen LogP contribution in [0.4, 0.5) is 5.69 Å². The van der Waals surface area contributed by atoms with Crippen LogP contribution < -0.4 is 10.1 Å². The highest BCUT2D eigenvalue weighted by atomic mass is 16.5. The van der Waals surface area contributed by atoms with Gasteiger partial charge in [0.1, 0.15) is 11.4 Å². The van der Waals surface area contributed by atoms with E-state index < -0.39 is 5.60 Å². The molecule has 0 aromatic heterocycles. The maximum Gasteiger partial charge on any atom is 0.255 e. The van der Waals surface area contributed by atoms with Crippen LogP contribution in [0.5, 0.6) is 5.75 Å². The molecule has 1 N–H and O–H groups in total. The standard InChI is InChI=1S/C18H17NO3/c1-18(2)11-15(20)14-10-13(8-9-16(14)22-18)19-17(21)12-6-4-3-5-7-12/h3-10H,11H2,1-2H3,(H,19,21). The van der Waals surface area contributed by atoms with Crippen LogP contribution in [0.15, 0.2) is 48.5 Å². The van der Waals surface area contributed by atoms with Gasteiger partial charge >= 0.3 is 0 Å². The van der Waals surface area contributed by atoms with Crippen molar-refractivity contribution in [2.75, 3.05) is 5.32 Å². The molecule has 0 atom stereocenters. The number of carbonyl (C=O) groups is 2. The minimum Gasteiger partial charge on any atom is -0.487 e. The Bertz CT molecular complexity index is 735. The van der Waals surface area contributed by atoms with Gasteiger partial charge in [0.15, 0.2) is 5.78 Å². The van der Waals surface area contributed by atoms with E-state index in [1.54, 1.807) is 42.5 Å². The van der Waals surface area contributed by atoms with E-state index in [9.17, 15) is 9.59 Å². The molecule has 4 heteroatoms. The second-order valence-corrected chi connectivity index (χ2v) is 5.99. The van der Waals surface area contributed by atoms with Crippen LogP contribution in [0.2, 0.25) is 0 Å². The van der Waals surface area contributed by atoms with Gasteiger partial charge in [0.25, 0.3) is 5.91 Å². The topological polar surface area (TPSA) is 55.4 Å². The first-order chi connectivity index (χ1) is 10.4. The van der Waals surface area contributed by atoms with Crippen molar-refractivity contribution in [3.05, 3.63) is 59.7 Å². The number of benzene rings is 2. The van der Waals surface area contributed by atoms with E-state index >= 15 is 0 Å². The lowest BCUT2D eigenvalue weighted by Gasteiger charge is -2.31. The van der Waals surface area contributed by atoms with Crippen molar-refractivity contribution < 1.29 is 14.3 Å². The maximum absolute atomic E-state index is 12.2. The first-order valence-corrected chi connectivity index (χ1v) is 7.17. The van der Waals surface area contributed by atoms with Crippen molar-refractivity contribution in [2.24, 2.45) is 0 Å². The van der Waals surface area contributed by atoms with E-state index in [0.717, 1.165) is 0 Å². The van der Waals surface area contributed by atoms with Crippen LogP contribution in [-0.4, -0.2) is 17.3 Å². The minimum absolute atomic E-state index is 0.0297. The Labute approximate surface area is 129 Å². The normalized spacial score (nSPS) is 15.6. The molecule has 3 rings (SSSR count). The number of nitrogens with one attached hydrogen (secondary N) is 1. The van der Waals surface area contributed by atoms with Crippen molar-refractivity contribution in [1.82, 2.24) is 0 Å². The van der Waals surface area contributed by atoms with Crippen molar-refractivity contribution in [3.8, 4) is 5.75 Å². The number of ether oxygens (including phenoxy) is 1. The lowest BCUT2D eigenvalue weighted by atomic mass is 9.93. The summed E-state index contributed by atoms with van der Waals surface area (Å²) < 4.78 is 5.80. The Balaban J connectivity index is 1.84. The number of hydrogen-bond donors (Lipinski definition) is 1. The largest absolute Gasteiger partial charge is 0.487 e. The van der Waals surface area contributed by atoms with Gasteiger partial charge in [0, 0.05) is 11.3 Å². The smallest absolute Gasteiger partial charge is 0.255 e. The highest BCUT2D eigenvalue weighted by Gasteiger charge is 2.32. The maximum atomic E-state index is 12.2. The molecule has 1 amide bonds. The van der Waals surface area contributed by atoms with Crippen LogP contribution >= 0.6 is 0 Å². The summed E-state index contributed by atoms with van der Waals surface area (Å²) in [5.41, 5.74) is 1.19. The van der Waals surface area contributed by atoms with Crippen molar-refractivity contribution in [2.45, 2.75) is 25.9 Å². The van der Waals surface area contributed by atoms with Gasteiger partial charge in [-0.15, -0.1) is 0 Å². The highest BCUT2D eigenvalue weighted by Crippen LogP contribution is 2.34. The average molecular weight is 295 g/mol. The van der Waals surface area contributed by atoms with Crippen molar-refractivity contribution >= 4 is 17.4 Å². The van der Waals surface area contributed by atoms with Gasteiger partial charge < -0.3 is 10.1 Å². The molecule has 0 bridgehead atoms. The molecular weight excluding hydrogens is 278 g/mol.